The van der Waals surface area contributed by atoms with Gasteiger partial charge in [-0.05, 0) is 62.4 Å². The number of nitrogens with zero attached hydrogens (tertiary/aromatic N) is 4. The van der Waals surface area contributed by atoms with Crippen molar-refractivity contribution in [3.8, 4) is 11.6 Å². The molecule has 2 fully saturated rings. The van der Waals surface area contributed by atoms with Crippen LogP contribution in [0.4, 0.5) is 4.79 Å². The number of rotatable bonds is 7. The lowest BCUT2D eigenvalue weighted by Gasteiger charge is -2.37. The Morgan fingerprint density at radius 1 is 1.17 bits per heavy atom. The van der Waals surface area contributed by atoms with Crippen LogP contribution in [-0.2, 0) is 6.54 Å². The van der Waals surface area contributed by atoms with Crippen LogP contribution in [0.5, 0.6) is 11.6 Å². The van der Waals surface area contributed by atoms with Gasteiger partial charge in [-0.15, -0.1) is 0 Å². The van der Waals surface area contributed by atoms with E-state index in [1.54, 1.807) is 11.9 Å². The van der Waals surface area contributed by atoms with Crippen LogP contribution in [0.25, 0.3) is 0 Å². The van der Waals surface area contributed by atoms with Gasteiger partial charge in [-0.25, -0.2) is 9.78 Å². The number of carbonyl (C=O) groups is 1. The fourth-order valence-corrected chi connectivity index (χ4v) is 3.95. The number of ether oxygens (including phenoxy) is 2. The highest BCUT2D eigenvalue weighted by molar-refractivity contribution is 5.69. The number of amides is 1. The van der Waals surface area contributed by atoms with Gasteiger partial charge >= 0.3 is 6.09 Å². The number of likely N-dealkylation sites (tertiary alicyclic amines) is 1. The molecule has 2 aliphatic rings. The van der Waals surface area contributed by atoms with Gasteiger partial charge < -0.3 is 14.4 Å². The van der Waals surface area contributed by atoms with Crippen molar-refractivity contribution in [3.05, 3.63) is 48.4 Å². The monoisotopic (exact) mass is 396 g/mol. The third-order valence-corrected chi connectivity index (χ3v) is 5.60. The summed E-state index contributed by atoms with van der Waals surface area (Å²) in [5.41, 5.74) is 1.34. The number of hydrogen-bond donors (Lipinski definition) is 0. The van der Waals surface area contributed by atoms with Crippen molar-refractivity contribution in [2.45, 2.75) is 38.3 Å². The molecule has 2 aromatic rings. The van der Waals surface area contributed by atoms with Gasteiger partial charge in [0.25, 0.3) is 0 Å². The molecule has 0 atom stereocenters. The average Bonchev–Trinajstić information content (AvgIpc) is 3.21. The second-order valence-corrected chi connectivity index (χ2v) is 8.00. The fraction of sp³-hybridized carbons (Fsp3) is 0.500. The van der Waals surface area contributed by atoms with E-state index in [0.29, 0.717) is 12.5 Å². The van der Waals surface area contributed by atoms with E-state index < -0.39 is 6.09 Å². The quantitative estimate of drug-likeness (QED) is 0.715. The van der Waals surface area contributed by atoms with Crippen LogP contribution in [0.15, 0.2) is 42.9 Å². The Morgan fingerprint density at radius 3 is 2.62 bits per heavy atom. The minimum Gasteiger partial charge on any atom is -0.490 e. The van der Waals surface area contributed by atoms with E-state index in [2.05, 4.69) is 39.1 Å². The molecule has 1 aliphatic heterocycles. The molecule has 4 rings (SSSR count). The van der Waals surface area contributed by atoms with E-state index in [-0.39, 0.29) is 12.0 Å². The molecule has 1 aromatic heterocycles. The summed E-state index contributed by atoms with van der Waals surface area (Å²) < 4.78 is 11.3. The highest BCUT2D eigenvalue weighted by atomic mass is 16.6. The predicted octanol–water partition coefficient (Wildman–Crippen LogP) is 3.36. The van der Waals surface area contributed by atoms with Crippen LogP contribution in [0, 0.1) is 5.92 Å². The van der Waals surface area contributed by atoms with Gasteiger partial charge in [0, 0.05) is 32.5 Å². The lowest BCUT2D eigenvalue weighted by molar-refractivity contribution is 0.0482. The standard InChI is InChI=1S/C22H28N4O3/c1-25(22(27)29-21-14-23-8-9-24-21)15-18-12-20(13-18)28-19-6-4-17(5-7-19)16-26-10-2-3-11-26/h4-9,14,18,20H,2-3,10-13,15-16H2,1H3. The van der Waals surface area contributed by atoms with Gasteiger partial charge in [0.05, 0.1) is 12.3 Å². The van der Waals surface area contributed by atoms with E-state index in [9.17, 15) is 4.79 Å². The Balaban J connectivity index is 1.16. The molecule has 7 nitrogen and oxygen atoms in total. The van der Waals surface area contributed by atoms with Crippen LogP contribution in [0.3, 0.4) is 0 Å². The van der Waals surface area contributed by atoms with Crippen LogP contribution < -0.4 is 9.47 Å². The number of benzene rings is 1. The van der Waals surface area contributed by atoms with Crippen LogP contribution >= 0.6 is 0 Å². The van der Waals surface area contributed by atoms with Crippen molar-refractivity contribution in [1.82, 2.24) is 19.8 Å². The fourth-order valence-electron chi connectivity index (χ4n) is 3.95. The zero-order chi connectivity index (χ0) is 20.1. The highest BCUT2D eigenvalue weighted by Crippen LogP contribution is 2.32. The van der Waals surface area contributed by atoms with E-state index in [0.717, 1.165) is 25.1 Å². The van der Waals surface area contributed by atoms with Gasteiger partial charge in [0.15, 0.2) is 0 Å². The third kappa shape index (κ3) is 5.44. The SMILES string of the molecule is CN(CC1CC(Oc2ccc(CN3CCCC3)cc2)C1)C(=O)Oc1cnccn1. The maximum atomic E-state index is 12.1. The summed E-state index contributed by atoms with van der Waals surface area (Å²) in [6.45, 7) is 4.10. The molecular weight excluding hydrogens is 368 g/mol. The van der Waals surface area contributed by atoms with Gasteiger partial charge in [-0.3, -0.25) is 9.88 Å². The third-order valence-electron chi connectivity index (χ3n) is 5.60. The second-order valence-electron chi connectivity index (χ2n) is 8.00. The minimum absolute atomic E-state index is 0.215. The van der Waals surface area contributed by atoms with E-state index >= 15 is 0 Å². The normalized spacial score (nSPS) is 21.4. The van der Waals surface area contributed by atoms with Gasteiger partial charge in [0.1, 0.15) is 5.75 Å². The number of hydrogen-bond acceptors (Lipinski definition) is 6. The Morgan fingerprint density at radius 2 is 1.93 bits per heavy atom. The molecule has 1 aliphatic carbocycles. The highest BCUT2D eigenvalue weighted by Gasteiger charge is 2.33. The summed E-state index contributed by atoms with van der Waals surface area (Å²) >= 11 is 0. The van der Waals surface area contributed by atoms with Crippen molar-refractivity contribution in [3.63, 3.8) is 0 Å². The summed E-state index contributed by atoms with van der Waals surface area (Å²) in [4.78, 5) is 24.0. The molecule has 2 heterocycles. The first kappa shape index (κ1) is 19.6. The van der Waals surface area contributed by atoms with Gasteiger partial charge in [0.2, 0.25) is 5.88 Å². The Labute approximate surface area is 171 Å². The van der Waals surface area contributed by atoms with E-state index in [1.807, 2.05) is 0 Å². The van der Waals surface area contributed by atoms with Crippen molar-refractivity contribution < 1.29 is 14.3 Å². The molecule has 7 heteroatoms. The lowest BCUT2D eigenvalue weighted by Crippen LogP contribution is -2.42. The maximum absolute atomic E-state index is 12.1. The summed E-state index contributed by atoms with van der Waals surface area (Å²) in [5, 5.41) is 0. The maximum Gasteiger partial charge on any atom is 0.416 e. The van der Waals surface area contributed by atoms with Gasteiger partial charge in [-0.1, -0.05) is 12.1 Å². The molecule has 0 radical (unpaired) electrons. The molecule has 154 valence electrons. The largest absolute Gasteiger partial charge is 0.490 e. The van der Waals surface area contributed by atoms with Crippen LogP contribution in [-0.4, -0.2) is 58.6 Å². The number of carbonyl (C=O) groups excluding carboxylic acids is 1. The van der Waals surface area contributed by atoms with Crippen molar-refractivity contribution in [1.29, 1.82) is 0 Å². The lowest BCUT2D eigenvalue weighted by atomic mass is 9.82. The molecule has 1 saturated carbocycles. The molecule has 1 aromatic carbocycles. The summed E-state index contributed by atoms with van der Waals surface area (Å²) in [6.07, 6.45) is 8.78. The zero-order valence-electron chi connectivity index (χ0n) is 16.9. The van der Waals surface area contributed by atoms with Crippen LogP contribution in [0.2, 0.25) is 0 Å². The first-order valence-corrected chi connectivity index (χ1v) is 10.3. The zero-order valence-corrected chi connectivity index (χ0v) is 16.9. The first-order valence-electron chi connectivity index (χ1n) is 10.3. The average molecular weight is 396 g/mol. The van der Waals surface area contributed by atoms with Crippen molar-refractivity contribution >= 4 is 6.09 Å². The molecular formula is C22H28N4O3. The molecule has 29 heavy (non-hydrogen) atoms. The molecule has 0 spiro atoms. The van der Waals surface area contributed by atoms with Crippen molar-refractivity contribution in [2.75, 3.05) is 26.7 Å². The Kier molecular flexibility index (Phi) is 6.24. The predicted molar refractivity (Wildman–Crippen MR) is 109 cm³/mol. The summed E-state index contributed by atoms with van der Waals surface area (Å²) in [6, 6.07) is 8.48. The summed E-state index contributed by atoms with van der Waals surface area (Å²) in [5.74, 6) is 1.57. The Bertz CT molecular complexity index is 787. The molecule has 1 amide bonds. The minimum atomic E-state index is -0.413. The second kappa shape index (κ2) is 9.22. The topological polar surface area (TPSA) is 67.8 Å². The smallest absolute Gasteiger partial charge is 0.416 e. The number of aromatic nitrogens is 2. The van der Waals surface area contributed by atoms with Gasteiger partial charge in [-0.2, -0.15) is 0 Å². The van der Waals surface area contributed by atoms with Crippen LogP contribution in [0.1, 0.15) is 31.2 Å². The molecule has 0 unspecified atom stereocenters. The van der Waals surface area contributed by atoms with E-state index in [4.69, 9.17) is 9.47 Å². The van der Waals surface area contributed by atoms with E-state index in [1.165, 1.54) is 50.1 Å². The molecule has 0 N–H and O–H groups in total. The molecule has 0 bridgehead atoms. The first-order chi connectivity index (χ1) is 14.2. The summed E-state index contributed by atoms with van der Waals surface area (Å²) in [7, 11) is 1.74. The molecule has 1 saturated heterocycles. The Hall–Kier alpha value is -2.67. The van der Waals surface area contributed by atoms with Crippen molar-refractivity contribution in [2.24, 2.45) is 5.92 Å².